The van der Waals surface area contributed by atoms with Crippen molar-refractivity contribution in [1.82, 2.24) is 0 Å². The first-order chi connectivity index (χ1) is 5.72. The first kappa shape index (κ1) is 12.4. The van der Waals surface area contributed by atoms with Crippen LogP contribution in [-0.4, -0.2) is 17.6 Å². The summed E-state index contributed by atoms with van der Waals surface area (Å²) in [5, 5.41) is 0. The maximum absolute atomic E-state index is 11.3. The number of carbonyl (C=O) groups excluding carboxylic acids is 1. The molecule has 0 aromatic rings. The molecule has 0 saturated heterocycles. The average molecular weight is 187 g/mol. The van der Waals surface area contributed by atoms with Crippen LogP contribution in [0.1, 0.15) is 41.0 Å². The van der Waals surface area contributed by atoms with Gasteiger partial charge in [-0.2, -0.15) is 0 Å². The van der Waals surface area contributed by atoms with Crippen molar-refractivity contribution in [2.75, 3.05) is 0 Å². The molecule has 0 unspecified atom stereocenters. The molecule has 0 spiro atoms. The molecular weight excluding hydrogens is 166 g/mol. The van der Waals surface area contributed by atoms with E-state index in [0.717, 1.165) is 0 Å². The van der Waals surface area contributed by atoms with Crippen molar-refractivity contribution in [3.8, 4) is 0 Å². The molecule has 0 aromatic heterocycles. The van der Waals surface area contributed by atoms with Gasteiger partial charge < -0.3 is 10.5 Å². The molecule has 0 aromatic carbocycles. The molecule has 0 aliphatic heterocycles. The zero-order chi connectivity index (χ0) is 10.6. The molecule has 0 amide bonds. The Bertz CT molecular complexity index is 170. The second-order valence-corrected chi connectivity index (χ2v) is 4.70. The lowest BCUT2D eigenvalue weighted by Gasteiger charge is -2.21. The first-order valence-corrected chi connectivity index (χ1v) is 4.70. The van der Waals surface area contributed by atoms with Crippen LogP contribution in [0.4, 0.5) is 0 Å². The fraction of sp³-hybridized carbons (Fsp3) is 0.900. The molecule has 3 nitrogen and oxygen atoms in total. The highest BCUT2D eigenvalue weighted by Crippen LogP contribution is 2.11. The van der Waals surface area contributed by atoms with Crippen LogP contribution in [0.5, 0.6) is 0 Å². The van der Waals surface area contributed by atoms with Gasteiger partial charge in [0.15, 0.2) is 0 Å². The van der Waals surface area contributed by atoms with E-state index in [1.165, 1.54) is 0 Å². The molecule has 0 rings (SSSR count). The summed E-state index contributed by atoms with van der Waals surface area (Å²) in [5.74, 6) is 0.0984. The third-order valence-electron chi connectivity index (χ3n) is 1.68. The van der Waals surface area contributed by atoms with Crippen LogP contribution in [0.25, 0.3) is 0 Å². The second kappa shape index (κ2) is 4.61. The van der Waals surface area contributed by atoms with Gasteiger partial charge in [0.2, 0.25) is 0 Å². The van der Waals surface area contributed by atoms with Gasteiger partial charge >= 0.3 is 5.97 Å². The normalized spacial score (nSPS) is 14.4. The van der Waals surface area contributed by atoms with Gasteiger partial charge in [-0.1, -0.05) is 13.8 Å². The van der Waals surface area contributed by atoms with Crippen LogP contribution in [0, 0.1) is 5.92 Å². The van der Waals surface area contributed by atoms with E-state index in [4.69, 9.17) is 10.5 Å². The SMILES string of the molecule is CC(C)[C@@H](N)CC(=O)OC(C)(C)C. The minimum Gasteiger partial charge on any atom is -0.460 e. The average Bonchev–Trinajstić information content (AvgIpc) is 1.81. The van der Waals surface area contributed by atoms with Crippen molar-refractivity contribution in [1.29, 1.82) is 0 Å². The molecule has 3 heteroatoms. The lowest BCUT2D eigenvalue weighted by atomic mass is 10.0. The Morgan fingerprint density at radius 3 is 2.15 bits per heavy atom. The van der Waals surface area contributed by atoms with Gasteiger partial charge in [0.1, 0.15) is 5.60 Å². The molecule has 0 aliphatic rings. The summed E-state index contributed by atoms with van der Waals surface area (Å²) in [4.78, 5) is 11.3. The number of esters is 1. The molecule has 2 N–H and O–H groups in total. The van der Waals surface area contributed by atoms with Crippen molar-refractivity contribution in [3.63, 3.8) is 0 Å². The maximum atomic E-state index is 11.3. The summed E-state index contributed by atoms with van der Waals surface area (Å²) in [6.45, 7) is 9.55. The predicted octanol–water partition coefficient (Wildman–Crippen LogP) is 1.70. The van der Waals surface area contributed by atoms with E-state index in [-0.39, 0.29) is 12.0 Å². The molecule has 0 fully saturated rings. The Labute approximate surface area is 80.6 Å². The van der Waals surface area contributed by atoms with Gasteiger partial charge in [0, 0.05) is 6.04 Å². The number of ether oxygens (including phenoxy) is 1. The number of rotatable bonds is 3. The third kappa shape index (κ3) is 6.58. The summed E-state index contributed by atoms with van der Waals surface area (Å²) in [6, 6.07) is -0.102. The van der Waals surface area contributed by atoms with Crippen molar-refractivity contribution in [2.24, 2.45) is 11.7 Å². The minimum atomic E-state index is -0.409. The zero-order valence-electron chi connectivity index (χ0n) is 9.26. The smallest absolute Gasteiger partial charge is 0.307 e. The highest BCUT2D eigenvalue weighted by molar-refractivity contribution is 5.70. The molecule has 0 heterocycles. The Balaban J connectivity index is 3.89. The topological polar surface area (TPSA) is 52.3 Å². The van der Waals surface area contributed by atoms with Gasteiger partial charge in [-0.15, -0.1) is 0 Å². The molecule has 78 valence electrons. The largest absolute Gasteiger partial charge is 0.460 e. The van der Waals surface area contributed by atoms with Crippen molar-refractivity contribution < 1.29 is 9.53 Å². The van der Waals surface area contributed by atoms with Gasteiger partial charge in [0.25, 0.3) is 0 Å². The second-order valence-electron chi connectivity index (χ2n) is 4.70. The summed E-state index contributed by atoms with van der Waals surface area (Å²) in [5.41, 5.74) is 5.33. The zero-order valence-corrected chi connectivity index (χ0v) is 9.26. The summed E-state index contributed by atoms with van der Waals surface area (Å²) in [6.07, 6.45) is 0.301. The number of hydrogen-bond acceptors (Lipinski definition) is 3. The molecule has 1 atom stereocenters. The highest BCUT2D eigenvalue weighted by atomic mass is 16.6. The highest BCUT2D eigenvalue weighted by Gasteiger charge is 2.19. The fourth-order valence-electron chi connectivity index (χ4n) is 0.811. The van der Waals surface area contributed by atoms with E-state index in [2.05, 4.69) is 0 Å². The van der Waals surface area contributed by atoms with Crippen LogP contribution in [-0.2, 0) is 9.53 Å². The quantitative estimate of drug-likeness (QED) is 0.684. The van der Waals surface area contributed by atoms with E-state index in [0.29, 0.717) is 12.3 Å². The Kier molecular flexibility index (Phi) is 4.40. The lowest BCUT2D eigenvalue weighted by molar-refractivity contribution is -0.155. The van der Waals surface area contributed by atoms with E-state index in [9.17, 15) is 4.79 Å². The fourth-order valence-corrected chi connectivity index (χ4v) is 0.811. The Hall–Kier alpha value is -0.570. The van der Waals surface area contributed by atoms with E-state index < -0.39 is 5.60 Å². The van der Waals surface area contributed by atoms with Crippen molar-refractivity contribution >= 4 is 5.97 Å². The summed E-state index contributed by atoms with van der Waals surface area (Å²) >= 11 is 0. The summed E-state index contributed by atoms with van der Waals surface area (Å²) in [7, 11) is 0. The number of hydrogen-bond donors (Lipinski definition) is 1. The van der Waals surface area contributed by atoms with Gasteiger partial charge in [-0.3, -0.25) is 4.79 Å². The Morgan fingerprint density at radius 2 is 1.85 bits per heavy atom. The van der Waals surface area contributed by atoms with Gasteiger partial charge in [-0.05, 0) is 26.7 Å². The molecule has 0 saturated carbocycles. The maximum Gasteiger partial charge on any atom is 0.307 e. The summed E-state index contributed by atoms with van der Waals surface area (Å²) < 4.78 is 5.14. The van der Waals surface area contributed by atoms with Crippen molar-refractivity contribution in [2.45, 2.75) is 52.7 Å². The van der Waals surface area contributed by atoms with Crippen LogP contribution >= 0.6 is 0 Å². The monoisotopic (exact) mass is 187 g/mol. The van der Waals surface area contributed by atoms with Gasteiger partial charge in [0.05, 0.1) is 6.42 Å². The first-order valence-electron chi connectivity index (χ1n) is 4.70. The molecule has 0 radical (unpaired) electrons. The number of nitrogens with two attached hydrogens (primary N) is 1. The number of carbonyl (C=O) groups is 1. The van der Waals surface area contributed by atoms with Gasteiger partial charge in [-0.25, -0.2) is 0 Å². The minimum absolute atomic E-state index is 0.102. The molecular formula is C10H21NO2. The van der Waals surface area contributed by atoms with E-state index >= 15 is 0 Å². The van der Waals surface area contributed by atoms with Crippen LogP contribution in [0.2, 0.25) is 0 Å². The van der Waals surface area contributed by atoms with E-state index in [1.54, 1.807) is 0 Å². The van der Waals surface area contributed by atoms with Crippen molar-refractivity contribution in [3.05, 3.63) is 0 Å². The standard InChI is InChI=1S/C10H21NO2/c1-7(2)8(11)6-9(12)13-10(3,4)5/h7-8H,6,11H2,1-5H3/t8-/m0/s1. The van der Waals surface area contributed by atoms with Crippen LogP contribution < -0.4 is 5.73 Å². The molecule has 13 heavy (non-hydrogen) atoms. The van der Waals surface area contributed by atoms with Crippen LogP contribution in [0.3, 0.4) is 0 Å². The third-order valence-corrected chi connectivity index (χ3v) is 1.68. The molecule has 0 bridgehead atoms. The predicted molar refractivity (Wildman–Crippen MR) is 53.3 cm³/mol. The van der Waals surface area contributed by atoms with Crippen LogP contribution in [0.15, 0.2) is 0 Å². The van der Waals surface area contributed by atoms with E-state index in [1.807, 2.05) is 34.6 Å². The Morgan fingerprint density at radius 1 is 1.38 bits per heavy atom. The molecule has 0 aliphatic carbocycles. The lowest BCUT2D eigenvalue weighted by Crippen LogP contribution is -2.33.